The highest BCUT2D eigenvalue weighted by Gasteiger charge is 2.34. The fourth-order valence-electron chi connectivity index (χ4n) is 2.64. The fourth-order valence-corrected chi connectivity index (χ4v) is 3.04. The summed E-state index contributed by atoms with van der Waals surface area (Å²) < 4.78 is 28.2. The van der Waals surface area contributed by atoms with E-state index < -0.39 is 17.2 Å². The molecule has 116 valence electrons. The molecule has 0 spiro atoms. The maximum atomic E-state index is 13.7. The van der Waals surface area contributed by atoms with Crippen molar-refractivity contribution in [2.45, 2.75) is 5.60 Å². The lowest BCUT2D eigenvalue weighted by molar-refractivity contribution is 0.125. The SMILES string of the molecule is OC(c1cccc(F)c1)(c1cccc(F)c1)c1cccc(Br)c1. The van der Waals surface area contributed by atoms with Crippen molar-refractivity contribution in [2.24, 2.45) is 0 Å². The Hall–Kier alpha value is -2.04. The molecule has 1 N–H and O–H groups in total. The Kier molecular flexibility index (Phi) is 4.28. The molecule has 0 unspecified atom stereocenters. The molecular formula is C19H13BrF2O. The van der Waals surface area contributed by atoms with Gasteiger partial charge in [-0.25, -0.2) is 8.78 Å². The van der Waals surface area contributed by atoms with Crippen molar-refractivity contribution in [1.82, 2.24) is 0 Å². The maximum absolute atomic E-state index is 13.7. The van der Waals surface area contributed by atoms with E-state index >= 15 is 0 Å². The Morgan fingerprint density at radius 3 is 1.57 bits per heavy atom. The molecule has 0 bridgehead atoms. The largest absolute Gasteiger partial charge is 0.376 e. The Morgan fingerprint density at radius 2 is 1.13 bits per heavy atom. The molecule has 3 rings (SSSR count). The summed E-state index contributed by atoms with van der Waals surface area (Å²) in [5.41, 5.74) is -0.473. The normalized spacial score (nSPS) is 11.5. The molecule has 0 fully saturated rings. The van der Waals surface area contributed by atoms with Crippen LogP contribution in [0, 0.1) is 11.6 Å². The van der Waals surface area contributed by atoms with Gasteiger partial charge in [0.1, 0.15) is 17.2 Å². The predicted octanol–water partition coefficient (Wildman–Crippen LogP) is 5.01. The zero-order valence-electron chi connectivity index (χ0n) is 12.0. The van der Waals surface area contributed by atoms with Gasteiger partial charge in [0.25, 0.3) is 0 Å². The van der Waals surface area contributed by atoms with Gasteiger partial charge in [-0.2, -0.15) is 0 Å². The van der Waals surface area contributed by atoms with Crippen molar-refractivity contribution in [3.63, 3.8) is 0 Å². The average molecular weight is 375 g/mol. The summed E-state index contributed by atoms with van der Waals surface area (Å²) in [5, 5.41) is 11.4. The van der Waals surface area contributed by atoms with Gasteiger partial charge in [-0.3, -0.25) is 0 Å². The van der Waals surface area contributed by atoms with Crippen LogP contribution in [0.1, 0.15) is 16.7 Å². The van der Waals surface area contributed by atoms with Crippen LogP contribution in [-0.2, 0) is 5.60 Å². The third-order valence-corrected chi connectivity index (χ3v) is 4.22. The molecule has 0 aliphatic heterocycles. The second-order valence-corrected chi connectivity index (χ2v) is 6.16. The van der Waals surface area contributed by atoms with Crippen LogP contribution in [0.2, 0.25) is 0 Å². The molecule has 4 heteroatoms. The lowest BCUT2D eigenvalue weighted by atomic mass is 9.80. The Balaban J connectivity index is 2.29. The van der Waals surface area contributed by atoms with Gasteiger partial charge in [0.05, 0.1) is 0 Å². The number of hydrogen-bond acceptors (Lipinski definition) is 1. The van der Waals surface area contributed by atoms with Crippen molar-refractivity contribution in [3.05, 3.63) is 106 Å². The Bertz CT molecular complexity index is 737. The Morgan fingerprint density at radius 1 is 0.696 bits per heavy atom. The smallest absolute Gasteiger partial charge is 0.140 e. The standard InChI is InChI=1S/C19H13BrF2O/c20-16-7-1-4-13(10-16)19(23,14-5-2-8-17(21)11-14)15-6-3-9-18(22)12-15/h1-12,23H. The van der Waals surface area contributed by atoms with Crippen LogP contribution < -0.4 is 0 Å². The second kappa shape index (κ2) is 6.22. The summed E-state index contributed by atoms with van der Waals surface area (Å²) in [4.78, 5) is 0. The molecule has 3 aromatic carbocycles. The first-order valence-electron chi connectivity index (χ1n) is 7.00. The van der Waals surface area contributed by atoms with Crippen LogP contribution in [0.25, 0.3) is 0 Å². The third kappa shape index (κ3) is 3.05. The number of rotatable bonds is 3. The zero-order chi connectivity index (χ0) is 16.4. The first kappa shape index (κ1) is 15.8. The lowest BCUT2D eigenvalue weighted by Crippen LogP contribution is -2.29. The predicted molar refractivity (Wildman–Crippen MR) is 89.0 cm³/mol. The van der Waals surface area contributed by atoms with Gasteiger partial charge in [0.2, 0.25) is 0 Å². The van der Waals surface area contributed by atoms with Crippen LogP contribution in [0.15, 0.2) is 77.3 Å². The Labute approximate surface area is 141 Å². The number of benzene rings is 3. The van der Waals surface area contributed by atoms with Gasteiger partial charge in [-0.1, -0.05) is 52.3 Å². The maximum Gasteiger partial charge on any atom is 0.140 e. The van der Waals surface area contributed by atoms with E-state index in [1.165, 1.54) is 36.4 Å². The van der Waals surface area contributed by atoms with Crippen molar-refractivity contribution in [3.8, 4) is 0 Å². The van der Waals surface area contributed by atoms with E-state index in [0.29, 0.717) is 16.7 Å². The molecule has 0 amide bonds. The summed E-state index contributed by atoms with van der Waals surface area (Å²) >= 11 is 3.37. The van der Waals surface area contributed by atoms with Crippen LogP contribution in [0.3, 0.4) is 0 Å². The molecule has 0 aliphatic rings. The van der Waals surface area contributed by atoms with E-state index in [1.807, 2.05) is 6.07 Å². The molecule has 23 heavy (non-hydrogen) atoms. The van der Waals surface area contributed by atoms with Crippen LogP contribution in [-0.4, -0.2) is 5.11 Å². The minimum atomic E-state index is -1.66. The van der Waals surface area contributed by atoms with Crippen molar-refractivity contribution in [2.75, 3.05) is 0 Å². The third-order valence-electron chi connectivity index (χ3n) is 3.73. The van der Waals surface area contributed by atoms with E-state index in [-0.39, 0.29) is 0 Å². The van der Waals surface area contributed by atoms with Crippen LogP contribution in [0.5, 0.6) is 0 Å². The number of hydrogen-bond donors (Lipinski definition) is 1. The zero-order valence-corrected chi connectivity index (χ0v) is 13.6. The quantitative estimate of drug-likeness (QED) is 0.638. The van der Waals surface area contributed by atoms with Crippen LogP contribution >= 0.6 is 15.9 Å². The van der Waals surface area contributed by atoms with Crippen molar-refractivity contribution < 1.29 is 13.9 Å². The molecule has 0 aliphatic carbocycles. The summed E-state index contributed by atoms with van der Waals surface area (Å²) in [6.45, 7) is 0. The minimum absolute atomic E-state index is 0.334. The summed E-state index contributed by atoms with van der Waals surface area (Å²) in [6.07, 6.45) is 0. The molecule has 1 nitrogen and oxygen atoms in total. The van der Waals surface area contributed by atoms with E-state index in [9.17, 15) is 13.9 Å². The fraction of sp³-hybridized carbons (Fsp3) is 0.0526. The first-order valence-corrected chi connectivity index (χ1v) is 7.80. The van der Waals surface area contributed by atoms with Crippen molar-refractivity contribution in [1.29, 1.82) is 0 Å². The highest BCUT2D eigenvalue weighted by Crippen LogP contribution is 2.38. The average Bonchev–Trinajstić information content (AvgIpc) is 2.54. The van der Waals surface area contributed by atoms with Gasteiger partial charge in [-0.15, -0.1) is 0 Å². The topological polar surface area (TPSA) is 20.2 Å². The van der Waals surface area contributed by atoms with Crippen LogP contribution in [0.4, 0.5) is 8.78 Å². The summed E-state index contributed by atoms with van der Waals surface area (Å²) in [5.74, 6) is -0.931. The molecular weight excluding hydrogens is 362 g/mol. The highest BCUT2D eigenvalue weighted by molar-refractivity contribution is 9.10. The van der Waals surface area contributed by atoms with Gasteiger partial charge < -0.3 is 5.11 Å². The van der Waals surface area contributed by atoms with Gasteiger partial charge in [-0.05, 0) is 53.1 Å². The monoisotopic (exact) mass is 374 g/mol. The minimum Gasteiger partial charge on any atom is -0.376 e. The molecule has 0 radical (unpaired) electrons. The van der Waals surface area contributed by atoms with Gasteiger partial charge >= 0.3 is 0 Å². The summed E-state index contributed by atoms with van der Waals surface area (Å²) in [7, 11) is 0. The molecule has 0 saturated heterocycles. The summed E-state index contributed by atoms with van der Waals surface area (Å²) in [6, 6.07) is 18.4. The van der Waals surface area contributed by atoms with E-state index in [1.54, 1.807) is 30.3 Å². The molecule has 0 saturated carbocycles. The highest BCUT2D eigenvalue weighted by atomic mass is 79.9. The second-order valence-electron chi connectivity index (χ2n) is 5.24. The molecule has 0 atom stereocenters. The number of aliphatic hydroxyl groups is 1. The first-order chi connectivity index (χ1) is 11.0. The van der Waals surface area contributed by atoms with E-state index in [0.717, 1.165) is 4.47 Å². The molecule has 0 aromatic heterocycles. The van der Waals surface area contributed by atoms with Gasteiger partial charge in [0.15, 0.2) is 0 Å². The lowest BCUT2D eigenvalue weighted by Gasteiger charge is -2.30. The molecule has 3 aromatic rings. The molecule has 0 heterocycles. The van der Waals surface area contributed by atoms with E-state index in [4.69, 9.17) is 0 Å². The number of halogens is 3. The van der Waals surface area contributed by atoms with Crippen molar-refractivity contribution >= 4 is 15.9 Å². The van der Waals surface area contributed by atoms with E-state index in [2.05, 4.69) is 15.9 Å². The van der Waals surface area contributed by atoms with Gasteiger partial charge in [0, 0.05) is 4.47 Å².